The van der Waals surface area contributed by atoms with Crippen LogP contribution >= 0.6 is 0 Å². The average molecular weight is 392 g/mol. The van der Waals surface area contributed by atoms with Crippen LogP contribution in [0.15, 0.2) is 54.9 Å². The van der Waals surface area contributed by atoms with Gasteiger partial charge >= 0.3 is 0 Å². The van der Waals surface area contributed by atoms with Gasteiger partial charge in [0.2, 0.25) is 17.7 Å². The lowest BCUT2D eigenvalue weighted by Crippen LogP contribution is -2.53. The number of likely N-dealkylation sites (tertiary alicyclic amines) is 1. The van der Waals surface area contributed by atoms with E-state index in [4.69, 9.17) is 0 Å². The molecule has 0 N–H and O–H groups in total. The summed E-state index contributed by atoms with van der Waals surface area (Å²) in [5, 5.41) is 0. The molecule has 29 heavy (non-hydrogen) atoms. The quantitative estimate of drug-likeness (QED) is 0.769. The molecule has 7 nitrogen and oxygen atoms in total. The lowest BCUT2D eigenvalue weighted by atomic mass is 10.1. The first-order valence-corrected chi connectivity index (χ1v) is 9.87. The summed E-state index contributed by atoms with van der Waals surface area (Å²) in [5.74, 6) is -0.557. The summed E-state index contributed by atoms with van der Waals surface area (Å²) in [5.41, 5.74) is 2.02. The average Bonchev–Trinajstić information content (AvgIpc) is 3.11. The summed E-state index contributed by atoms with van der Waals surface area (Å²) in [6.07, 6.45) is 3.63. The van der Waals surface area contributed by atoms with Gasteiger partial charge in [-0.1, -0.05) is 36.4 Å². The van der Waals surface area contributed by atoms with E-state index in [1.54, 1.807) is 27.1 Å². The molecule has 0 spiro atoms. The first-order chi connectivity index (χ1) is 14.1. The third-order valence-corrected chi connectivity index (χ3v) is 5.51. The molecule has 0 saturated carbocycles. The van der Waals surface area contributed by atoms with Crippen molar-refractivity contribution in [1.82, 2.24) is 19.7 Å². The second-order valence-corrected chi connectivity index (χ2v) is 7.60. The number of hydrogen-bond acceptors (Lipinski definition) is 4. The fourth-order valence-corrected chi connectivity index (χ4v) is 3.93. The molecule has 7 heteroatoms. The van der Waals surface area contributed by atoms with Gasteiger partial charge in [-0.2, -0.15) is 0 Å². The van der Waals surface area contributed by atoms with Gasteiger partial charge in [-0.25, -0.2) is 0 Å². The number of carbonyl (C=O) groups is 3. The van der Waals surface area contributed by atoms with Crippen LogP contribution in [0.25, 0.3) is 0 Å². The Morgan fingerprint density at radius 2 is 1.69 bits per heavy atom. The lowest BCUT2D eigenvalue weighted by molar-refractivity contribution is -0.147. The van der Waals surface area contributed by atoms with Gasteiger partial charge < -0.3 is 14.7 Å². The summed E-state index contributed by atoms with van der Waals surface area (Å²) in [4.78, 5) is 47.0. The second kappa shape index (κ2) is 8.43. The van der Waals surface area contributed by atoms with Gasteiger partial charge in [0, 0.05) is 51.5 Å². The molecule has 1 aromatic carbocycles. The third kappa shape index (κ3) is 4.45. The van der Waals surface area contributed by atoms with Crippen LogP contribution in [0.2, 0.25) is 0 Å². The maximum Gasteiger partial charge on any atom is 0.242 e. The van der Waals surface area contributed by atoms with Gasteiger partial charge in [-0.3, -0.25) is 19.4 Å². The van der Waals surface area contributed by atoms with E-state index in [1.807, 2.05) is 42.5 Å². The Labute approximate surface area is 169 Å². The fraction of sp³-hybridized carbons (Fsp3) is 0.364. The van der Waals surface area contributed by atoms with Crippen LogP contribution in [0.3, 0.4) is 0 Å². The lowest BCUT2D eigenvalue weighted by Gasteiger charge is -2.35. The van der Waals surface area contributed by atoms with Crippen LogP contribution in [0.4, 0.5) is 0 Å². The van der Waals surface area contributed by atoms with Crippen LogP contribution in [-0.2, 0) is 27.5 Å². The molecule has 1 unspecified atom stereocenters. The predicted octanol–water partition coefficient (Wildman–Crippen LogP) is 1.30. The first-order valence-electron chi connectivity index (χ1n) is 9.87. The molecule has 1 aromatic heterocycles. The van der Waals surface area contributed by atoms with E-state index in [0.717, 1.165) is 11.1 Å². The van der Waals surface area contributed by atoms with E-state index in [2.05, 4.69) is 4.98 Å². The largest absolute Gasteiger partial charge is 0.337 e. The van der Waals surface area contributed by atoms with Crippen molar-refractivity contribution in [1.29, 1.82) is 0 Å². The number of aromatic nitrogens is 1. The topological polar surface area (TPSA) is 73.8 Å². The SMILES string of the molecule is O=C1CN(C(=O)C2CC(=O)N(Cc3cccnc3)C2)CCN1Cc1ccccc1. The zero-order chi connectivity index (χ0) is 20.2. The van der Waals surface area contributed by atoms with E-state index in [1.165, 1.54) is 0 Å². The van der Waals surface area contributed by atoms with Crippen molar-refractivity contribution in [2.75, 3.05) is 26.2 Å². The van der Waals surface area contributed by atoms with Gasteiger partial charge in [0.25, 0.3) is 0 Å². The van der Waals surface area contributed by atoms with E-state index >= 15 is 0 Å². The Morgan fingerprint density at radius 1 is 0.931 bits per heavy atom. The van der Waals surface area contributed by atoms with E-state index < -0.39 is 0 Å². The van der Waals surface area contributed by atoms with E-state index in [9.17, 15) is 14.4 Å². The Bertz CT molecular complexity index is 887. The highest BCUT2D eigenvalue weighted by atomic mass is 16.2. The monoisotopic (exact) mass is 392 g/mol. The summed E-state index contributed by atoms with van der Waals surface area (Å²) >= 11 is 0. The number of hydrogen-bond donors (Lipinski definition) is 0. The molecule has 2 fully saturated rings. The van der Waals surface area contributed by atoms with Crippen molar-refractivity contribution in [3.05, 3.63) is 66.0 Å². The highest BCUT2D eigenvalue weighted by molar-refractivity contribution is 5.92. The van der Waals surface area contributed by atoms with Crippen molar-refractivity contribution in [2.45, 2.75) is 19.5 Å². The molecule has 2 aliphatic heterocycles. The smallest absolute Gasteiger partial charge is 0.242 e. The molecule has 1 atom stereocenters. The molecule has 2 saturated heterocycles. The van der Waals surface area contributed by atoms with Crippen LogP contribution in [-0.4, -0.2) is 63.6 Å². The Balaban J connectivity index is 1.32. The van der Waals surface area contributed by atoms with Gasteiger partial charge in [-0.15, -0.1) is 0 Å². The molecule has 4 rings (SSSR count). The molecule has 0 bridgehead atoms. The van der Waals surface area contributed by atoms with E-state index in [0.29, 0.717) is 32.7 Å². The summed E-state index contributed by atoms with van der Waals surface area (Å²) in [6, 6.07) is 13.6. The molecule has 0 aliphatic carbocycles. The van der Waals surface area contributed by atoms with E-state index in [-0.39, 0.29) is 36.6 Å². The first kappa shape index (κ1) is 19.1. The third-order valence-electron chi connectivity index (χ3n) is 5.51. The maximum atomic E-state index is 12.9. The zero-order valence-electron chi connectivity index (χ0n) is 16.2. The van der Waals surface area contributed by atoms with Crippen molar-refractivity contribution in [3.8, 4) is 0 Å². The molecule has 150 valence electrons. The Morgan fingerprint density at radius 3 is 2.41 bits per heavy atom. The molecular formula is C22H24N4O3. The maximum absolute atomic E-state index is 12.9. The van der Waals surface area contributed by atoms with Crippen molar-refractivity contribution in [3.63, 3.8) is 0 Å². The molecule has 2 aromatic rings. The van der Waals surface area contributed by atoms with Crippen molar-refractivity contribution < 1.29 is 14.4 Å². The number of benzene rings is 1. The molecule has 3 heterocycles. The zero-order valence-corrected chi connectivity index (χ0v) is 16.2. The minimum Gasteiger partial charge on any atom is -0.337 e. The molecule has 3 amide bonds. The van der Waals surface area contributed by atoms with Crippen LogP contribution in [0, 0.1) is 5.92 Å². The minimum absolute atomic E-state index is 0.0266. The number of nitrogens with zero attached hydrogens (tertiary/aromatic N) is 4. The minimum atomic E-state index is -0.382. The van der Waals surface area contributed by atoms with Crippen molar-refractivity contribution >= 4 is 17.7 Å². The summed E-state index contributed by atoms with van der Waals surface area (Å²) in [7, 11) is 0. The van der Waals surface area contributed by atoms with Crippen LogP contribution < -0.4 is 0 Å². The van der Waals surface area contributed by atoms with Crippen molar-refractivity contribution in [2.24, 2.45) is 5.92 Å². The number of amides is 3. The van der Waals surface area contributed by atoms with Gasteiger partial charge in [0.05, 0.1) is 12.5 Å². The standard InChI is InChI=1S/C22H24N4O3/c27-20-11-19(15-26(20)14-18-7-4-8-23-12-18)22(29)25-10-9-24(21(28)16-25)13-17-5-2-1-3-6-17/h1-8,12,19H,9-11,13-16H2. The van der Waals surface area contributed by atoms with Gasteiger partial charge in [0.1, 0.15) is 0 Å². The molecule has 0 radical (unpaired) electrons. The van der Waals surface area contributed by atoms with Gasteiger partial charge in [-0.05, 0) is 17.2 Å². The number of carbonyl (C=O) groups excluding carboxylic acids is 3. The number of piperazine rings is 1. The summed E-state index contributed by atoms with van der Waals surface area (Å²) < 4.78 is 0. The highest BCUT2D eigenvalue weighted by Gasteiger charge is 2.38. The summed E-state index contributed by atoms with van der Waals surface area (Å²) in [6.45, 7) is 2.51. The Kier molecular flexibility index (Phi) is 5.55. The number of pyridine rings is 1. The highest BCUT2D eigenvalue weighted by Crippen LogP contribution is 2.23. The Hall–Kier alpha value is -3.22. The number of rotatable bonds is 5. The predicted molar refractivity (Wildman–Crippen MR) is 106 cm³/mol. The fourth-order valence-electron chi connectivity index (χ4n) is 3.93. The van der Waals surface area contributed by atoms with Crippen LogP contribution in [0.1, 0.15) is 17.5 Å². The van der Waals surface area contributed by atoms with Crippen LogP contribution in [0.5, 0.6) is 0 Å². The second-order valence-electron chi connectivity index (χ2n) is 7.60. The molecule has 2 aliphatic rings. The van der Waals surface area contributed by atoms with Gasteiger partial charge in [0.15, 0.2) is 0 Å². The normalized spacial score (nSPS) is 19.7. The molecular weight excluding hydrogens is 368 g/mol.